The molecule has 0 aromatic heterocycles. The van der Waals surface area contributed by atoms with E-state index in [1.54, 1.807) is 0 Å². The van der Waals surface area contributed by atoms with Gasteiger partial charge in [-0.2, -0.15) is 0 Å². The molecule has 0 rings (SSSR count). The summed E-state index contributed by atoms with van der Waals surface area (Å²) in [4.78, 5) is 0. The first-order chi connectivity index (χ1) is 2.56. The molecule has 0 amide bonds. The van der Waals surface area contributed by atoms with Crippen molar-refractivity contribution >= 4 is 0 Å². The monoisotopic (exact) mass is 154 g/mol. The Morgan fingerprint density at radius 1 is 1.33 bits per heavy atom. The average Bonchev–Trinajstić information content (AvgIpc) is 1.35. The van der Waals surface area contributed by atoms with Crippen molar-refractivity contribution in [2.24, 2.45) is 0 Å². The van der Waals surface area contributed by atoms with E-state index in [0.29, 0.717) is 0 Å². The van der Waals surface area contributed by atoms with Crippen LogP contribution in [0.15, 0.2) is 0 Å². The predicted molar refractivity (Wildman–Crippen MR) is 1.08 cm³/mol. The van der Waals surface area contributed by atoms with Crippen LogP contribution in [-0.2, 0) is 19.7 Å². The van der Waals surface area contributed by atoms with E-state index in [2.05, 4.69) is 3.37 Å². The molecule has 0 atom stereocenters. The second-order valence-electron chi connectivity index (χ2n) is 0.436. The molecule has 0 aliphatic rings. The van der Waals surface area contributed by atoms with E-state index in [9.17, 15) is 0 Å². The first-order valence-electron chi connectivity index (χ1n) is 0.772. The Morgan fingerprint density at radius 3 is 1.50 bits per heavy atom. The maximum atomic E-state index is 9.15. The summed E-state index contributed by atoms with van der Waals surface area (Å²) in [6, 6.07) is 0. The van der Waals surface area contributed by atoms with Gasteiger partial charge in [0.1, 0.15) is 0 Å². The molecule has 0 unspecified atom stereocenters. The van der Waals surface area contributed by atoms with Crippen LogP contribution in [0.25, 0.3) is 0 Å². The van der Waals surface area contributed by atoms with E-state index in [1.807, 2.05) is 16.3 Å². The van der Waals surface area contributed by atoms with Crippen molar-refractivity contribution < 1.29 is 43.9 Å². The van der Waals surface area contributed by atoms with Gasteiger partial charge in [0.2, 0.25) is 0 Å². The van der Waals surface area contributed by atoms with Crippen LogP contribution < -0.4 is 14.0 Å². The molecule has 0 spiro atoms. The van der Waals surface area contributed by atoms with Crippen molar-refractivity contribution in [2.45, 2.75) is 0 Å². The Kier molecular flexibility index (Phi) is 2.31. The fraction of sp³-hybridized carbons (Fsp3) is 0. The molecule has 0 saturated heterocycles. The molecule has 0 aliphatic heterocycles. The normalized spacial score (nSPS) is 12.0. The van der Waals surface area contributed by atoms with E-state index in [4.69, 9.17) is 14.0 Å². The zero-order valence-corrected chi connectivity index (χ0v) is 4.33. The van der Waals surface area contributed by atoms with Crippen molar-refractivity contribution in [3.63, 3.8) is 0 Å². The summed E-state index contributed by atoms with van der Waals surface area (Å²) in [7, 11) is -4.26. The van der Waals surface area contributed by atoms with Crippen LogP contribution in [0.2, 0.25) is 0 Å². The molecule has 0 aliphatic carbocycles. The number of hydrogen-bond donors (Lipinski definition) is 0. The van der Waals surface area contributed by atoms with Gasteiger partial charge in [-0.15, -0.1) is 0 Å². The summed E-state index contributed by atoms with van der Waals surface area (Å²) in [5.74, 6) is 0. The van der Waals surface area contributed by atoms with Gasteiger partial charge in [0.15, 0.2) is 0 Å². The Balaban J connectivity index is 3.17. The minimum absolute atomic E-state index is 1.96. The third-order valence-electron chi connectivity index (χ3n) is 0.0714. The van der Waals surface area contributed by atoms with Gasteiger partial charge in [-0.1, -0.05) is 0 Å². The van der Waals surface area contributed by atoms with Crippen molar-refractivity contribution in [1.29, 1.82) is 0 Å². The molecular weight excluding hydrogens is 154 g/mol. The van der Waals surface area contributed by atoms with Crippen molar-refractivity contribution in [3.05, 3.63) is 0 Å². The fourth-order valence-corrected chi connectivity index (χ4v) is 0. The first kappa shape index (κ1) is 6.65. The van der Waals surface area contributed by atoms with Gasteiger partial charge in [-0.3, -0.25) is 0 Å². The molecule has 0 aromatic rings. The van der Waals surface area contributed by atoms with Gasteiger partial charge in [-0.05, 0) is 0 Å². The van der Waals surface area contributed by atoms with E-state index in [-0.39, 0.29) is 0 Å². The van der Waals surface area contributed by atoms with Crippen LogP contribution in [0.1, 0.15) is 0 Å². The Hall–Kier alpha value is 0.649. The Labute approximate surface area is 44.6 Å². The standard InChI is InChI=1S/ClHO4.Mn/c2-1(3,4)5;/h(H,2,3,4,5);/q;+1/p-1. The van der Waals surface area contributed by atoms with Crippen LogP contribution in [0.4, 0.5) is 0 Å². The van der Waals surface area contributed by atoms with Crippen LogP contribution in [-0.4, -0.2) is 0 Å². The third kappa shape index (κ3) is 4.65. The minimum atomic E-state index is -4.26. The molecule has 6 heteroatoms. The summed E-state index contributed by atoms with van der Waals surface area (Å²) in [6.45, 7) is 0. The van der Waals surface area contributed by atoms with Gasteiger partial charge in [0, 0.05) is 0 Å². The third-order valence-corrected chi connectivity index (χ3v) is 0.884. The molecule has 0 N–H and O–H groups in total. The topological polar surface area (TPSA) is 78.4 Å². The molecule has 0 saturated carbocycles. The zero-order chi connectivity index (χ0) is 5.21. The Bertz CT molecular complexity index is 37.3. The molecule has 4 nitrogen and oxygen atoms in total. The molecule has 6 heavy (non-hydrogen) atoms. The fourth-order valence-electron chi connectivity index (χ4n) is 0. The number of halogens is 1. The quantitative estimate of drug-likeness (QED) is 0.365. The maximum absolute atomic E-state index is 9.15. The van der Waals surface area contributed by atoms with Crippen LogP contribution >= 0.6 is 0 Å². The molecule has 0 heterocycles. The second-order valence-corrected chi connectivity index (χ2v) is 1.86. The first-order valence-corrected chi connectivity index (χ1v) is 2.49. The van der Waals surface area contributed by atoms with Crippen molar-refractivity contribution in [3.8, 4) is 0 Å². The summed E-state index contributed by atoms with van der Waals surface area (Å²) in [5, 5.41) is 0. The molecule has 0 fully saturated rings. The SMILES string of the molecule is [O-][Cl+3]([O-])([O-])[O][Mn]. The molecular formula is ClMnO4. The predicted octanol–water partition coefficient (Wildman–Crippen LogP) is -3.64. The summed E-state index contributed by atoms with van der Waals surface area (Å²) in [6.07, 6.45) is 0. The Morgan fingerprint density at radius 2 is 1.50 bits per heavy atom. The van der Waals surface area contributed by atoms with Gasteiger partial charge < -0.3 is 0 Å². The number of rotatable bonds is 1. The van der Waals surface area contributed by atoms with Crippen LogP contribution in [0.3, 0.4) is 0 Å². The van der Waals surface area contributed by atoms with Gasteiger partial charge in [0.05, 0.1) is 0 Å². The van der Waals surface area contributed by atoms with Gasteiger partial charge in [0.25, 0.3) is 0 Å². The van der Waals surface area contributed by atoms with Crippen molar-refractivity contribution in [1.82, 2.24) is 0 Å². The average molecular weight is 154 g/mol. The van der Waals surface area contributed by atoms with Gasteiger partial charge >= 0.3 is 43.9 Å². The molecule has 0 bridgehead atoms. The van der Waals surface area contributed by atoms with Crippen LogP contribution in [0, 0.1) is 10.2 Å². The second kappa shape index (κ2) is 2.09. The van der Waals surface area contributed by atoms with Crippen LogP contribution in [0.5, 0.6) is 0 Å². The summed E-state index contributed by atoms with van der Waals surface area (Å²) < 4.78 is 30.6. The zero-order valence-electron chi connectivity index (χ0n) is 2.39. The summed E-state index contributed by atoms with van der Waals surface area (Å²) >= 11 is 1.96. The molecule has 38 valence electrons. The van der Waals surface area contributed by atoms with E-state index in [1.165, 1.54) is 0 Å². The molecule has 0 radical (unpaired) electrons. The van der Waals surface area contributed by atoms with E-state index >= 15 is 0 Å². The van der Waals surface area contributed by atoms with Crippen molar-refractivity contribution in [2.75, 3.05) is 0 Å². The number of hydrogen-bond acceptors (Lipinski definition) is 4. The van der Waals surface area contributed by atoms with Gasteiger partial charge in [-0.25, -0.2) is 0 Å². The van der Waals surface area contributed by atoms with E-state index in [0.717, 1.165) is 0 Å². The molecule has 0 aromatic carbocycles. The van der Waals surface area contributed by atoms with E-state index < -0.39 is 10.2 Å². The summed E-state index contributed by atoms with van der Waals surface area (Å²) in [5.41, 5.74) is 0.